The zero-order valence-electron chi connectivity index (χ0n) is 21.3. The predicted octanol–water partition coefficient (Wildman–Crippen LogP) is 6.10. The van der Waals surface area contributed by atoms with E-state index in [1.807, 2.05) is 0 Å². The van der Waals surface area contributed by atoms with Gasteiger partial charge in [0.2, 0.25) is 0 Å². The third-order valence-electron chi connectivity index (χ3n) is 8.52. The molecular formula is C25H28F5IN4O4. The number of aliphatic hydroxyl groups is 1. The summed E-state index contributed by atoms with van der Waals surface area (Å²) in [6.45, 7) is 2.86. The number of hydrogen-bond acceptors (Lipinski definition) is 7. The number of amides is 1. The Morgan fingerprint density at radius 1 is 1.18 bits per heavy atom. The number of carbonyl (C=O) groups is 1. The highest BCUT2D eigenvalue weighted by molar-refractivity contribution is 14.1. The van der Waals surface area contributed by atoms with Crippen LogP contribution in [0.2, 0.25) is 0 Å². The van der Waals surface area contributed by atoms with Gasteiger partial charge in [-0.15, -0.1) is 0 Å². The van der Waals surface area contributed by atoms with Crippen LogP contribution in [-0.4, -0.2) is 50.8 Å². The van der Waals surface area contributed by atoms with Crippen molar-refractivity contribution in [2.75, 3.05) is 11.4 Å². The van der Waals surface area contributed by atoms with E-state index in [1.54, 1.807) is 22.6 Å². The summed E-state index contributed by atoms with van der Waals surface area (Å²) in [7, 11) is 0. The number of alkyl halides is 4. The van der Waals surface area contributed by atoms with Crippen molar-refractivity contribution in [1.82, 2.24) is 15.1 Å². The van der Waals surface area contributed by atoms with Gasteiger partial charge in [0, 0.05) is 24.8 Å². The Balaban J connectivity index is 1.32. The highest BCUT2D eigenvalue weighted by Gasteiger charge is 2.63. The van der Waals surface area contributed by atoms with Crippen molar-refractivity contribution in [2.45, 2.75) is 94.2 Å². The van der Waals surface area contributed by atoms with Crippen molar-refractivity contribution in [3.8, 4) is 0 Å². The van der Waals surface area contributed by atoms with E-state index in [0.717, 1.165) is 6.20 Å². The van der Waals surface area contributed by atoms with Gasteiger partial charge in [-0.2, -0.15) is 18.2 Å². The Morgan fingerprint density at radius 2 is 1.79 bits per heavy atom. The van der Waals surface area contributed by atoms with Gasteiger partial charge in [0.05, 0.1) is 9.77 Å². The van der Waals surface area contributed by atoms with Crippen molar-refractivity contribution in [2.24, 2.45) is 5.41 Å². The van der Waals surface area contributed by atoms with E-state index in [1.165, 1.54) is 24.8 Å². The number of rotatable bonds is 6. The molecule has 214 valence electrons. The van der Waals surface area contributed by atoms with Gasteiger partial charge in [0.25, 0.3) is 5.89 Å². The maximum atomic E-state index is 14.3. The number of ether oxygens (including phenoxy) is 1. The molecule has 4 aliphatic rings. The molecule has 0 unspecified atom stereocenters. The van der Waals surface area contributed by atoms with Crippen LogP contribution in [0.4, 0.5) is 32.6 Å². The molecule has 39 heavy (non-hydrogen) atoms. The molecule has 0 atom stereocenters. The van der Waals surface area contributed by atoms with Crippen LogP contribution >= 0.6 is 22.6 Å². The minimum absolute atomic E-state index is 0.0754. The number of anilines is 1. The normalized spacial score (nSPS) is 30.6. The summed E-state index contributed by atoms with van der Waals surface area (Å²) in [5, 5.41) is 13.8. The molecule has 8 nitrogen and oxygen atoms in total. The quantitative estimate of drug-likeness (QED) is 0.293. The molecule has 2 bridgehead atoms. The van der Waals surface area contributed by atoms with Crippen LogP contribution in [0.15, 0.2) is 16.8 Å². The van der Waals surface area contributed by atoms with Crippen molar-refractivity contribution >= 4 is 34.5 Å². The first kappa shape index (κ1) is 28.4. The number of hydrogen-bond donors (Lipinski definition) is 1. The summed E-state index contributed by atoms with van der Waals surface area (Å²) >= 11 is 1.77. The lowest BCUT2D eigenvalue weighted by molar-refractivity contribution is -0.305. The van der Waals surface area contributed by atoms with E-state index < -0.39 is 48.3 Å². The lowest BCUT2D eigenvalue weighted by atomic mass is 9.53. The Morgan fingerprint density at radius 3 is 2.31 bits per heavy atom. The highest BCUT2D eigenvalue weighted by atomic mass is 127. The highest BCUT2D eigenvalue weighted by Crippen LogP contribution is 2.58. The van der Waals surface area contributed by atoms with Crippen molar-refractivity contribution in [3.63, 3.8) is 0 Å². The summed E-state index contributed by atoms with van der Waals surface area (Å²) in [5.41, 5.74) is -5.35. The van der Waals surface area contributed by atoms with Gasteiger partial charge >= 0.3 is 12.3 Å². The molecule has 0 radical (unpaired) electrons. The van der Waals surface area contributed by atoms with Gasteiger partial charge < -0.3 is 14.4 Å². The number of nitrogens with zero attached hydrogens (tertiary/aromatic N) is 4. The lowest BCUT2D eigenvalue weighted by Crippen LogP contribution is -2.59. The summed E-state index contributed by atoms with van der Waals surface area (Å²) in [6, 6.07) is 1.39. The molecular weight excluding hydrogens is 642 g/mol. The predicted molar refractivity (Wildman–Crippen MR) is 135 cm³/mol. The van der Waals surface area contributed by atoms with Gasteiger partial charge in [0.15, 0.2) is 22.9 Å². The first-order valence-electron chi connectivity index (χ1n) is 12.7. The molecule has 0 spiro atoms. The zero-order chi connectivity index (χ0) is 28.4. The smallest absolute Gasteiger partial charge is 0.417 e. The number of pyridine rings is 1. The lowest BCUT2D eigenvalue weighted by Gasteiger charge is -2.53. The standard InChI is InChI=1S/C25H28F5IN4O4/c1-21(2,27)19-33-18(34-39-19)23-6-3-22(4-7-23,5-8-23)13-35(17-9-16(31)15(26)12-32-17)20(36)38-14-10-24(37,11-14)25(28,29)30/h9,12,14,37H,3-8,10-11,13H2,1-2H3. The number of aromatic nitrogens is 3. The second-order valence-electron chi connectivity index (χ2n) is 11.7. The molecule has 4 saturated carbocycles. The third kappa shape index (κ3) is 5.22. The third-order valence-corrected chi connectivity index (χ3v) is 9.35. The monoisotopic (exact) mass is 670 g/mol. The average molecular weight is 670 g/mol. The van der Waals surface area contributed by atoms with E-state index >= 15 is 0 Å². The molecule has 0 aromatic carbocycles. The second kappa shape index (κ2) is 9.48. The first-order chi connectivity index (χ1) is 18.0. The first-order valence-corrected chi connectivity index (χ1v) is 13.7. The van der Waals surface area contributed by atoms with Gasteiger partial charge in [-0.1, -0.05) is 5.16 Å². The summed E-state index contributed by atoms with van der Waals surface area (Å²) in [5.74, 6) is -0.0459. The van der Waals surface area contributed by atoms with Crippen molar-refractivity contribution < 1.29 is 41.1 Å². The molecule has 2 aromatic rings. The average Bonchev–Trinajstić information content (AvgIpc) is 3.36. The van der Waals surface area contributed by atoms with Crippen LogP contribution in [0.1, 0.15) is 76.9 Å². The Labute approximate surface area is 234 Å². The molecule has 4 aliphatic carbocycles. The Bertz CT molecular complexity index is 1230. The van der Waals surface area contributed by atoms with Gasteiger partial charge in [0.1, 0.15) is 11.9 Å². The fourth-order valence-corrected chi connectivity index (χ4v) is 6.27. The number of fused-ring (bicyclic) bond motifs is 3. The van der Waals surface area contributed by atoms with Crippen LogP contribution < -0.4 is 4.90 Å². The molecule has 2 heterocycles. The molecule has 1 N–H and O–H groups in total. The SMILES string of the molecule is CC(C)(F)c1nc(C23CCC(CN(C(=O)OC4CC(O)(C(F)(F)F)C4)c4cc(I)c(F)cn4)(CC2)CC3)no1. The van der Waals surface area contributed by atoms with Gasteiger partial charge in [-0.25, -0.2) is 18.6 Å². The van der Waals surface area contributed by atoms with E-state index in [-0.39, 0.29) is 32.7 Å². The summed E-state index contributed by atoms with van der Waals surface area (Å²) in [6.07, 6.45) is -3.29. The number of halogens is 6. The summed E-state index contributed by atoms with van der Waals surface area (Å²) in [4.78, 5) is 22.9. The van der Waals surface area contributed by atoms with Gasteiger partial charge in [-0.05, 0) is 86.4 Å². The van der Waals surface area contributed by atoms with Crippen LogP contribution in [0.5, 0.6) is 0 Å². The second-order valence-corrected chi connectivity index (χ2v) is 12.8. The fraction of sp³-hybridized carbons (Fsp3) is 0.680. The fourth-order valence-electron chi connectivity index (χ4n) is 5.86. The van der Waals surface area contributed by atoms with E-state index in [9.17, 15) is 31.9 Å². The van der Waals surface area contributed by atoms with Gasteiger partial charge in [-0.3, -0.25) is 4.90 Å². The maximum absolute atomic E-state index is 14.3. The van der Waals surface area contributed by atoms with E-state index in [2.05, 4.69) is 15.1 Å². The summed E-state index contributed by atoms with van der Waals surface area (Å²) < 4.78 is 78.1. The van der Waals surface area contributed by atoms with E-state index in [4.69, 9.17) is 9.26 Å². The minimum atomic E-state index is -4.82. The Hall–Kier alpha value is -2.10. The minimum Gasteiger partial charge on any atom is -0.446 e. The van der Waals surface area contributed by atoms with Crippen LogP contribution in [0, 0.1) is 14.8 Å². The molecule has 0 saturated heterocycles. The Kier molecular flexibility index (Phi) is 6.91. The zero-order valence-corrected chi connectivity index (χ0v) is 23.5. The largest absolute Gasteiger partial charge is 0.446 e. The molecule has 6 rings (SSSR count). The molecule has 1 amide bonds. The van der Waals surface area contributed by atoms with Crippen LogP contribution in [0.3, 0.4) is 0 Å². The maximum Gasteiger partial charge on any atom is 0.417 e. The van der Waals surface area contributed by atoms with E-state index in [0.29, 0.717) is 44.3 Å². The van der Waals surface area contributed by atoms with Crippen LogP contribution in [0.25, 0.3) is 0 Å². The molecule has 4 fully saturated rings. The molecule has 2 aromatic heterocycles. The molecule has 0 aliphatic heterocycles. The molecule has 14 heteroatoms. The van der Waals surface area contributed by atoms with Crippen molar-refractivity contribution in [1.29, 1.82) is 0 Å². The number of carbonyl (C=O) groups excluding carboxylic acids is 1. The van der Waals surface area contributed by atoms with Crippen molar-refractivity contribution in [3.05, 3.63) is 33.4 Å². The topological polar surface area (TPSA) is 102 Å². The van der Waals surface area contributed by atoms with Crippen LogP contribution in [-0.2, 0) is 15.8 Å².